The minimum Gasteiger partial charge on any atom is -0.479 e. The second kappa shape index (κ2) is 2.18. The van der Waals surface area contributed by atoms with Gasteiger partial charge in [0.05, 0.1) is 7.85 Å². The highest BCUT2D eigenvalue weighted by molar-refractivity contribution is 6.11. The van der Waals surface area contributed by atoms with Crippen LogP contribution in [0, 0.1) is 0 Å². The third-order valence-corrected chi connectivity index (χ3v) is 0.858. The van der Waals surface area contributed by atoms with Gasteiger partial charge in [0.2, 0.25) is 0 Å². The summed E-state index contributed by atoms with van der Waals surface area (Å²) in [7, 11) is 4.88. The van der Waals surface area contributed by atoms with Crippen LogP contribution in [0.4, 0.5) is 0 Å². The summed E-state index contributed by atoms with van der Waals surface area (Å²) in [6, 6.07) is 0. The van der Waals surface area contributed by atoms with E-state index in [9.17, 15) is 4.79 Å². The third kappa shape index (κ3) is 1.54. The summed E-state index contributed by atoms with van der Waals surface area (Å²) < 4.78 is 0. The van der Waals surface area contributed by atoms with Crippen molar-refractivity contribution in [2.75, 3.05) is 0 Å². The zero-order valence-corrected chi connectivity index (χ0v) is 4.59. The van der Waals surface area contributed by atoms with Crippen LogP contribution in [0.2, 0.25) is 6.32 Å². The van der Waals surface area contributed by atoms with Crippen molar-refractivity contribution in [3.05, 3.63) is 0 Å². The lowest BCUT2D eigenvalue weighted by Gasteiger charge is -2.13. The van der Waals surface area contributed by atoms with Crippen molar-refractivity contribution >= 4 is 13.8 Å². The first-order valence-corrected chi connectivity index (χ1v) is 2.16. The molecule has 0 spiro atoms. The van der Waals surface area contributed by atoms with E-state index in [2.05, 4.69) is 0 Å². The Morgan fingerprint density at radius 2 is 2.25 bits per heavy atom. The highest BCUT2D eigenvalue weighted by Gasteiger charge is 2.26. The first kappa shape index (κ1) is 7.49. The molecule has 0 fully saturated rings. The summed E-state index contributed by atoms with van der Waals surface area (Å²) in [6.45, 7) is 1.15. The first-order valence-electron chi connectivity index (χ1n) is 2.16. The molecule has 3 nitrogen and oxygen atoms in total. The van der Waals surface area contributed by atoms with Gasteiger partial charge in [-0.05, 0) is 13.2 Å². The quantitative estimate of drug-likeness (QED) is 0.471. The molecule has 0 saturated heterocycles. The summed E-state index contributed by atoms with van der Waals surface area (Å²) in [6.07, 6.45) is -0.262. The molecule has 0 bridgehead atoms. The van der Waals surface area contributed by atoms with E-state index in [0.29, 0.717) is 0 Å². The molecule has 0 heterocycles. The number of rotatable bonds is 2. The minimum absolute atomic E-state index is 0.262. The largest absolute Gasteiger partial charge is 0.479 e. The van der Waals surface area contributed by atoms with Crippen LogP contribution in [0.5, 0.6) is 0 Å². The number of carboxylic acid groups (broad SMARTS) is 1. The minimum atomic E-state index is -1.76. The smallest absolute Gasteiger partial charge is 0.334 e. The zero-order chi connectivity index (χ0) is 6.78. The predicted molar refractivity (Wildman–Crippen MR) is 28.8 cm³/mol. The number of hydrogen-bond donors (Lipinski definition) is 2. The number of carbonyl (C=O) groups is 1. The Kier molecular flexibility index (Phi) is 2.04. The number of hydrogen-bond acceptors (Lipinski definition) is 2. The van der Waals surface area contributed by atoms with Crippen LogP contribution in [0.15, 0.2) is 0 Å². The van der Waals surface area contributed by atoms with Crippen molar-refractivity contribution in [1.29, 1.82) is 0 Å². The predicted octanol–water partition coefficient (Wildman–Crippen LogP) is -0.591. The van der Waals surface area contributed by atoms with Crippen LogP contribution in [0.25, 0.3) is 0 Å². The van der Waals surface area contributed by atoms with Gasteiger partial charge in [-0.1, -0.05) is 0 Å². The van der Waals surface area contributed by atoms with Crippen LogP contribution in [0.3, 0.4) is 0 Å². The maximum absolute atomic E-state index is 9.92. The van der Waals surface area contributed by atoms with Gasteiger partial charge >= 0.3 is 5.97 Å². The van der Waals surface area contributed by atoms with Crippen molar-refractivity contribution in [2.24, 2.45) is 0 Å². The first-order chi connectivity index (χ1) is 3.50. The Balaban J connectivity index is 3.91. The molecule has 4 heteroatoms. The monoisotopic (exact) mass is 114 g/mol. The van der Waals surface area contributed by atoms with Crippen molar-refractivity contribution in [3.8, 4) is 0 Å². The summed E-state index contributed by atoms with van der Waals surface area (Å²) in [5, 5.41) is 16.8. The summed E-state index contributed by atoms with van der Waals surface area (Å²) in [4.78, 5) is 9.92. The fourth-order valence-electron chi connectivity index (χ4n) is 0.0873. The van der Waals surface area contributed by atoms with Gasteiger partial charge in [0, 0.05) is 0 Å². The molecule has 1 atom stereocenters. The van der Waals surface area contributed by atoms with E-state index < -0.39 is 11.6 Å². The van der Waals surface area contributed by atoms with Gasteiger partial charge in [-0.3, -0.25) is 0 Å². The molecular formula is C4H7BO3. The van der Waals surface area contributed by atoms with Crippen LogP contribution in [-0.4, -0.2) is 29.6 Å². The Morgan fingerprint density at radius 1 is 1.88 bits per heavy atom. The average molecular weight is 114 g/mol. The highest BCUT2D eigenvalue weighted by atomic mass is 16.4. The molecule has 0 aromatic heterocycles. The molecule has 2 N–H and O–H groups in total. The SMILES string of the molecule is [B]CC(C)(O)C(=O)O. The van der Waals surface area contributed by atoms with E-state index >= 15 is 0 Å². The lowest BCUT2D eigenvalue weighted by Crippen LogP contribution is -2.33. The van der Waals surface area contributed by atoms with Gasteiger partial charge in [-0.15, -0.1) is 0 Å². The molecule has 0 aromatic rings. The molecule has 0 aromatic carbocycles. The molecule has 1 unspecified atom stereocenters. The molecule has 8 heavy (non-hydrogen) atoms. The second-order valence-electron chi connectivity index (χ2n) is 1.78. The second-order valence-corrected chi connectivity index (χ2v) is 1.78. The molecule has 0 aliphatic heterocycles. The summed E-state index contributed by atoms with van der Waals surface area (Å²) >= 11 is 0. The third-order valence-electron chi connectivity index (χ3n) is 0.858. The average Bonchev–Trinajstić information content (AvgIpc) is 1.67. The maximum Gasteiger partial charge on any atom is 0.334 e. The van der Waals surface area contributed by atoms with E-state index in [1.807, 2.05) is 0 Å². The normalized spacial score (nSPS) is 17.2. The Bertz CT molecular complexity index is 99.5. The van der Waals surface area contributed by atoms with Crippen LogP contribution in [0.1, 0.15) is 6.92 Å². The van der Waals surface area contributed by atoms with Gasteiger partial charge < -0.3 is 10.2 Å². The van der Waals surface area contributed by atoms with Gasteiger partial charge in [-0.25, -0.2) is 4.79 Å². The van der Waals surface area contributed by atoms with Gasteiger partial charge in [0.1, 0.15) is 0 Å². The lowest BCUT2D eigenvalue weighted by atomic mass is 9.89. The fourth-order valence-corrected chi connectivity index (χ4v) is 0.0873. The topological polar surface area (TPSA) is 57.5 Å². The molecule has 0 amide bonds. The molecule has 0 aliphatic rings. The van der Waals surface area contributed by atoms with E-state index in [1.54, 1.807) is 0 Å². The van der Waals surface area contributed by atoms with Crippen molar-refractivity contribution in [1.82, 2.24) is 0 Å². The molecular weight excluding hydrogens is 107 g/mol. The van der Waals surface area contributed by atoms with Crippen molar-refractivity contribution in [2.45, 2.75) is 18.8 Å². The highest BCUT2D eigenvalue weighted by Crippen LogP contribution is 2.05. The summed E-state index contributed by atoms with van der Waals surface area (Å²) in [5.74, 6) is -1.29. The fraction of sp³-hybridized carbons (Fsp3) is 0.750. The summed E-state index contributed by atoms with van der Waals surface area (Å²) in [5.41, 5.74) is -1.76. The Morgan fingerprint density at radius 3 is 2.25 bits per heavy atom. The molecule has 0 saturated carbocycles. The molecule has 0 rings (SSSR count). The molecule has 0 aliphatic carbocycles. The maximum atomic E-state index is 9.92. The number of carboxylic acids is 1. The Hall–Kier alpha value is -0.505. The van der Waals surface area contributed by atoms with E-state index in [4.69, 9.17) is 18.1 Å². The van der Waals surface area contributed by atoms with Gasteiger partial charge in [0.25, 0.3) is 0 Å². The van der Waals surface area contributed by atoms with E-state index in [-0.39, 0.29) is 6.32 Å². The van der Waals surface area contributed by atoms with Crippen molar-refractivity contribution < 1.29 is 15.0 Å². The van der Waals surface area contributed by atoms with Crippen LogP contribution < -0.4 is 0 Å². The molecule has 2 radical (unpaired) electrons. The van der Waals surface area contributed by atoms with Crippen LogP contribution in [-0.2, 0) is 4.79 Å². The van der Waals surface area contributed by atoms with Crippen molar-refractivity contribution in [3.63, 3.8) is 0 Å². The zero-order valence-electron chi connectivity index (χ0n) is 4.59. The Labute approximate surface area is 48.7 Å². The number of aliphatic carboxylic acids is 1. The van der Waals surface area contributed by atoms with Gasteiger partial charge in [-0.2, -0.15) is 0 Å². The van der Waals surface area contributed by atoms with Gasteiger partial charge in [0.15, 0.2) is 5.60 Å². The van der Waals surface area contributed by atoms with Crippen LogP contribution >= 0.6 is 0 Å². The molecule has 44 valence electrons. The number of aliphatic hydroxyl groups is 1. The lowest BCUT2D eigenvalue weighted by molar-refractivity contribution is -0.154. The standard InChI is InChI=1S/C4H7BO3/c1-4(8,2-5)3(6)7/h8H,2H2,1H3,(H,6,7). The van der Waals surface area contributed by atoms with E-state index in [0.717, 1.165) is 6.92 Å². The van der Waals surface area contributed by atoms with E-state index in [1.165, 1.54) is 0 Å².